The van der Waals surface area contributed by atoms with Gasteiger partial charge in [0.05, 0.1) is 28.1 Å². The van der Waals surface area contributed by atoms with Gasteiger partial charge in [0, 0.05) is 32.7 Å². The van der Waals surface area contributed by atoms with Gasteiger partial charge in [0.2, 0.25) is 0 Å². The third-order valence-electron chi connectivity index (χ3n) is 5.94. The van der Waals surface area contributed by atoms with E-state index in [1.54, 1.807) is 0 Å². The number of benzene rings is 3. The standard InChI is InChI=1S/C26H24F3N3O3/c27-26(28,29)19-10-11-23(32-14-12-31(13-15-32)17-18-6-2-1-3-7-18)22(16-19)30-24(33)20-8-4-5-9-21(20)25(34)35/h1-11,16H,12-15,17H2,(H,30,33)(H,34,35). The van der Waals surface area contributed by atoms with Gasteiger partial charge in [0.25, 0.3) is 5.91 Å². The Balaban J connectivity index is 1.56. The minimum absolute atomic E-state index is 0.0125. The maximum atomic E-state index is 13.4. The molecule has 0 atom stereocenters. The number of amides is 1. The van der Waals surface area contributed by atoms with Crippen LogP contribution in [0.3, 0.4) is 0 Å². The summed E-state index contributed by atoms with van der Waals surface area (Å²) in [5.74, 6) is -2.08. The molecule has 0 radical (unpaired) electrons. The number of nitrogens with one attached hydrogen (secondary N) is 1. The number of aromatic carboxylic acids is 1. The summed E-state index contributed by atoms with van der Waals surface area (Å²) in [7, 11) is 0. The molecule has 0 bridgehead atoms. The number of anilines is 2. The van der Waals surface area contributed by atoms with Gasteiger partial charge in [-0.1, -0.05) is 42.5 Å². The lowest BCUT2D eigenvalue weighted by Crippen LogP contribution is -2.46. The van der Waals surface area contributed by atoms with Crippen LogP contribution in [-0.4, -0.2) is 48.1 Å². The number of piperazine rings is 1. The average molecular weight is 483 g/mol. The van der Waals surface area contributed by atoms with Crippen LogP contribution in [0.5, 0.6) is 0 Å². The van der Waals surface area contributed by atoms with E-state index in [2.05, 4.69) is 10.2 Å². The van der Waals surface area contributed by atoms with E-state index < -0.39 is 23.6 Å². The molecular weight excluding hydrogens is 459 g/mol. The predicted molar refractivity (Wildman–Crippen MR) is 127 cm³/mol. The molecule has 9 heteroatoms. The number of hydrogen-bond donors (Lipinski definition) is 2. The number of rotatable bonds is 6. The molecule has 1 aliphatic rings. The van der Waals surface area contributed by atoms with Crippen molar-refractivity contribution in [3.8, 4) is 0 Å². The molecule has 0 unspecified atom stereocenters. The van der Waals surface area contributed by atoms with Gasteiger partial charge < -0.3 is 15.3 Å². The summed E-state index contributed by atoms with van der Waals surface area (Å²) in [4.78, 5) is 28.6. The molecular formula is C26H24F3N3O3. The molecule has 3 aromatic rings. The lowest BCUT2D eigenvalue weighted by Gasteiger charge is -2.37. The average Bonchev–Trinajstić information content (AvgIpc) is 2.84. The highest BCUT2D eigenvalue weighted by atomic mass is 19.4. The number of halogens is 3. The van der Waals surface area contributed by atoms with Crippen molar-refractivity contribution in [3.63, 3.8) is 0 Å². The highest BCUT2D eigenvalue weighted by Gasteiger charge is 2.32. The summed E-state index contributed by atoms with van der Waals surface area (Å²) in [5.41, 5.74) is 0.371. The van der Waals surface area contributed by atoms with Gasteiger partial charge in [-0.3, -0.25) is 9.69 Å². The number of carboxylic acid groups (broad SMARTS) is 1. The highest BCUT2D eigenvalue weighted by Crippen LogP contribution is 2.36. The van der Waals surface area contributed by atoms with Gasteiger partial charge in [-0.2, -0.15) is 13.2 Å². The lowest BCUT2D eigenvalue weighted by molar-refractivity contribution is -0.137. The largest absolute Gasteiger partial charge is 0.478 e. The zero-order valence-electron chi connectivity index (χ0n) is 18.8. The second-order valence-electron chi connectivity index (χ2n) is 8.28. The Hall–Kier alpha value is -3.85. The number of carbonyl (C=O) groups is 2. The predicted octanol–water partition coefficient (Wildman–Crippen LogP) is 4.98. The molecule has 1 fully saturated rings. The smallest absolute Gasteiger partial charge is 0.416 e. The van der Waals surface area contributed by atoms with E-state index >= 15 is 0 Å². The first-order valence-corrected chi connectivity index (χ1v) is 11.1. The van der Waals surface area contributed by atoms with Crippen LogP contribution in [0.1, 0.15) is 31.8 Å². The van der Waals surface area contributed by atoms with Crippen LogP contribution in [0.2, 0.25) is 0 Å². The van der Waals surface area contributed by atoms with E-state index in [1.807, 2.05) is 35.2 Å². The van der Waals surface area contributed by atoms with Gasteiger partial charge in [-0.25, -0.2) is 4.79 Å². The second-order valence-corrected chi connectivity index (χ2v) is 8.28. The molecule has 2 N–H and O–H groups in total. The lowest BCUT2D eigenvalue weighted by atomic mass is 10.1. The van der Waals surface area contributed by atoms with Crippen LogP contribution < -0.4 is 10.2 Å². The Morgan fingerprint density at radius 1 is 0.857 bits per heavy atom. The quantitative estimate of drug-likeness (QED) is 0.518. The van der Waals surface area contributed by atoms with E-state index in [4.69, 9.17) is 0 Å². The van der Waals surface area contributed by atoms with Crippen LogP contribution in [0.15, 0.2) is 72.8 Å². The molecule has 0 aliphatic carbocycles. The summed E-state index contributed by atoms with van der Waals surface area (Å²) in [6, 6.07) is 18.8. The fraction of sp³-hybridized carbons (Fsp3) is 0.231. The minimum atomic E-state index is -4.59. The summed E-state index contributed by atoms with van der Waals surface area (Å²) in [6.07, 6.45) is -4.59. The maximum absolute atomic E-state index is 13.4. The number of alkyl halides is 3. The molecule has 1 aliphatic heterocycles. The summed E-state index contributed by atoms with van der Waals surface area (Å²) in [5, 5.41) is 11.9. The van der Waals surface area contributed by atoms with Crippen LogP contribution in [0, 0.1) is 0 Å². The van der Waals surface area contributed by atoms with Crippen LogP contribution >= 0.6 is 0 Å². The van der Waals surface area contributed by atoms with Crippen molar-refractivity contribution in [1.82, 2.24) is 4.90 Å². The van der Waals surface area contributed by atoms with Crippen LogP contribution in [0.25, 0.3) is 0 Å². The fourth-order valence-electron chi connectivity index (χ4n) is 4.13. The molecule has 182 valence electrons. The topological polar surface area (TPSA) is 72.9 Å². The molecule has 35 heavy (non-hydrogen) atoms. The zero-order valence-corrected chi connectivity index (χ0v) is 18.8. The van der Waals surface area contributed by atoms with Gasteiger partial charge in [-0.15, -0.1) is 0 Å². The maximum Gasteiger partial charge on any atom is 0.416 e. The third-order valence-corrected chi connectivity index (χ3v) is 5.94. The van der Waals surface area contributed by atoms with E-state index in [0.29, 0.717) is 31.9 Å². The SMILES string of the molecule is O=C(O)c1ccccc1C(=O)Nc1cc(C(F)(F)F)ccc1N1CCN(Cc2ccccc2)CC1. The monoisotopic (exact) mass is 483 g/mol. The van der Waals surface area contributed by atoms with E-state index in [-0.39, 0.29) is 16.8 Å². The van der Waals surface area contributed by atoms with Crippen LogP contribution in [-0.2, 0) is 12.7 Å². The first-order chi connectivity index (χ1) is 16.7. The Morgan fingerprint density at radius 3 is 2.11 bits per heavy atom. The number of nitrogens with zero attached hydrogens (tertiary/aromatic N) is 2. The van der Waals surface area contributed by atoms with E-state index in [1.165, 1.54) is 35.9 Å². The van der Waals surface area contributed by atoms with Crippen molar-refractivity contribution < 1.29 is 27.9 Å². The van der Waals surface area contributed by atoms with E-state index in [9.17, 15) is 27.9 Å². The molecule has 6 nitrogen and oxygen atoms in total. The van der Waals surface area contributed by atoms with Crippen molar-refractivity contribution in [3.05, 3.63) is 95.1 Å². The van der Waals surface area contributed by atoms with Crippen molar-refractivity contribution in [2.24, 2.45) is 0 Å². The van der Waals surface area contributed by atoms with Crippen molar-refractivity contribution in [1.29, 1.82) is 0 Å². The number of carbonyl (C=O) groups excluding carboxylic acids is 1. The molecule has 3 aromatic carbocycles. The van der Waals surface area contributed by atoms with Crippen LogP contribution in [0.4, 0.5) is 24.5 Å². The summed E-state index contributed by atoms with van der Waals surface area (Å²) >= 11 is 0. The Kier molecular flexibility index (Phi) is 7.07. The first kappa shape index (κ1) is 24.3. The molecule has 1 saturated heterocycles. The molecule has 4 rings (SSSR count). The Bertz CT molecular complexity index is 1210. The molecule has 0 spiro atoms. The third kappa shape index (κ3) is 5.81. The molecule has 1 amide bonds. The fourth-order valence-corrected chi connectivity index (χ4v) is 4.13. The van der Waals surface area contributed by atoms with Gasteiger partial charge in [0.1, 0.15) is 0 Å². The van der Waals surface area contributed by atoms with Gasteiger partial charge in [0.15, 0.2) is 0 Å². The second kappa shape index (κ2) is 10.2. The highest BCUT2D eigenvalue weighted by molar-refractivity contribution is 6.11. The van der Waals surface area contributed by atoms with Gasteiger partial charge >= 0.3 is 12.1 Å². The van der Waals surface area contributed by atoms with Crippen molar-refractivity contribution in [2.45, 2.75) is 12.7 Å². The van der Waals surface area contributed by atoms with Crippen molar-refractivity contribution in [2.75, 3.05) is 36.4 Å². The summed E-state index contributed by atoms with van der Waals surface area (Å²) in [6.45, 7) is 3.30. The minimum Gasteiger partial charge on any atom is -0.478 e. The molecule has 0 aromatic heterocycles. The normalized spacial score (nSPS) is 14.5. The first-order valence-electron chi connectivity index (χ1n) is 11.1. The Labute approximate surface area is 200 Å². The van der Waals surface area contributed by atoms with Crippen molar-refractivity contribution >= 4 is 23.3 Å². The number of hydrogen-bond acceptors (Lipinski definition) is 4. The summed E-state index contributed by atoms with van der Waals surface area (Å²) < 4.78 is 40.3. The van der Waals surface area contributed by atoms with Gasteiger partial charge in [-0.05, 0) is 35.9 Å². The molecule has 1 heterocycles. The Morgan fingerprint density at radius 2 is 1.49 bits per heavy atom. The molecule has 0 saturated carbocycles. The van der Waals surface area contributed by atoms with E-state index in [0.717, 1.165) is 18.7 Å². The number of carboxylic acids is 1. The zero-order chi connectivity index (χ0) is 25.0.